The Bertz CT molecular complexity index is 183. The molecule has 0 unspecified atom stereocenters. The number of likely N-dealkylation sites (N-methyl/N-ethyl adjacent to an activating group) is 1. The van der Waals surface area contributed by atoms with Crippen LogP contribution in [0.15, 0.2) is 4.99 Å². The molecule has 0 amide bonds. The van der Waals surface area contributed by atoms with Gasteiger partial charge in [0.05, 0.1) is 12.3 Å². The van der Waals surface area contributed by atoms with Gasteiger partial charge in [0.2, 0.25) is 0 Å². The van der Waals surface area contributed by atoms with Gasteiger partial charge in [-0.3, -0.25) is 9.79 Å². The molecule has 0 aliphatic rings. The van der Waals surface area contributed by atoms with Crippen LogP contribution in [0.1, 0.15) is 27.7 Å². The van der Waals surface area contributed by atoms with Crippen LogP contribution in [-0.4, -0.2) is 42.6 Å². The van der Waals surface area contributed by atoms with Gasteiger partial charge < -0.3 is 4.90 Å². The summed E-state index contributed by atoms with van der Waals surface area (Å²) < 4.78 is 0. The molecule has 0 saturated heterocycles. The van der Waals surface area contributed by atoms with Crippen LogP contribution >= 0.6 is 0 Å². The summed E-state index contributed by atoms with van der Waals surface area (Å²) >= 11 is 0. The van der Waals surface area contributed by atoms with Gasteiger partial charge in [-0.2, -0.15) is 0 Å². The van der Waals surface area contributed by atoms with Gasteiger partial charge in [0, 0.05) is 13.5 Å². The topological polar surface area (TPSA) is 32.7 Å². The van der Waals surface area contributed by atoms with Crippen LogP contribution in [-0.2, 0) is 4.79 Å². The van der Waals surface area contributed by atoms with Gasteiger partial charge in [-0.25, -0.2) is 0 Å². The van der Waals surface area contributed by atoms with E-state index in [1.807, 2.05) is 0 Å². The third-order valence-electron chi connectivity index (χ3n) is 2.17. The van der Waals surface area contributed by atoms with E-state index in [-0.39, 0.29) is 5.78 Å². The van der Waals surface area contributed by atoms with Crippen LogP contribution in [0.4, 0.5) is 0 Å². The highest BCUT2D eigenvalue weighted by Crippen LogP contribution is 1.88. The van der Waals surface area contributed by atoms with E-state index in [1.54, 1.807) is 13.8 Å². The molecule has 0 bridgehead atoms. The summed E-state index contributed by atoms with van der Waals surface area (Å²) in [7, 11) is 0. The van der Waals surface area contributed by atoms with Gasteiger partial charge in [0.15, 0.2) is 5.78 Å². The first-order chi connectivity index (χ1) is 6.11. The second kappa shape index (κ2) is 6.78. The van der Waals surface area contributed by atoms with Crippen molar-refractivity contribution in [1.82, 2.24) is 4.90 Å². The molecule has 0 atom stereocenters. The largest absolute Gasteiger partial charge is 0.302 e. The first-order valence-corrected chi connectivity index (χ1v) is 4.86. The van der Waals surface area contributed by atoms with Crippen molar-refractivity contribution >= 4 is 11.5 Å². The van der Waals surface area contributed by atoms with Crippen LogP contribution in [0.5, 0.6) is 0 Å². The number of aliphatic imine (C=N–C) groups is 1. The highest BCUT2D eigenvalue weighted by atomic mass is 16.1. The van der Waals surface area contributed by atoms with Crippen LogP contribution in [0.2, 0.25) is 0 Å². The van der Waals surface area contributed by atoms with Crippen molar-refractivity contribution in [3.63, 3.8) is 0 Å². The van der Waals surface area contributed by atoms with Gasteiger partial charge in [-0.15, -0.1) is 0 Å². The van der Waals surface area contributed by atoms with E-state index < -0.39 is 0 Å². The first-order valence-electron chi connectivity index (χ1n) is 4.86. The Morgan fingerprint density at radius 2 is 1.77 bits per heavy atom. The lowest BCUT2D eigenvalue weighted by Gasteiger charge is -2.16. The first kappa shape index (κ1) is 12.3. The Morgan fingerprint density at radius 1 is 1.23 bits per heavy atom. The number of carbonyl (C=O) groups is 1. The van der Waals surface area contributed by atoms with Crippen LogP contribution in [0.25, 0.3) is 0 Å². The van der Waals surface area contributed by atoms with Crippen molar-refractivity contribution in [3.05, 3.63) is 0 Å². The number of hydrogen-bond donors (Lipinski definition) is 0. The average molecular weight is 184 g/mol. The fraction of sp³-hybridized carbons (Fsp3) is 0.800. The van der Waals surface area contributed by atoms with E-state index >= 15 is 0 Å². The van der Waals surface area contributed by atoms with E-state index in [4.69, 9.17) is 0 Å². The Hall–Kier alpha value is -0.700. The fourth-order valence-corrected chi connectivity index (χ4v) is 1.01. The quantitative estimate of drug-likeness (QED) is 0.584. The summed E-state index contributed by atoms with van der Waals surface area (Å²) in [6, 6.07) is 0. The zero-order valence-corrected chi connectivity index (χ0v) is 9.13. The molecule has 0 heterocycles. The zero-order valence-electron chi connectivity index (χ0n) is 9.13. The van der Waals surface area contributed by atoms with E-state index in [1.165, 1.54) is 0 Å². The van der Waals surface area contributed by atoms with Crippen molar-refractivity contribution in [2.75, 3.05) is 26.2 Å². The maximum atomic E-state index is 10.8. The predicted molar refractivity (Wildman–Crippen MR) is 56.4 cm³/mol. The molecule has 0 aromatic rings. The maximum Gasteiger partial charge on any atom is 0.173 e. The van der Waals surface area contributed by atoms with Crippen LogP contribution < -0.4 is 0 Å². The van der Waals surface area contributed by atoms with Gasteiger partial charge in [0.25, 0.3) is 0 Å². The third-order valence-corrected chi connectivity index (χ3v) is 2.17. The van der Waals surface area contributed by atoms with Gasteiger partial charge in [-0.05, 0) is 20.0 Å². The van der Waals surface area contributed by atoms with E-state index in [0.717, 1.165) is 26.2 Å². The molecule has 0 aromatic carbocycles. The molecule has 3 heteroatoms. The van der Waals surface area contributed by atoms with Crippen LogP contribution in [0, 0.1) is 0 Å². The van der Waals surface area contributed by atoms with Crippen molar-refractivity contribution in [2.45, 2.75) is 27.7 Å². The standard InChI is InChI=1S/C10H20N2O/c1-5-12(6-2)8-7-11-9(3)10(4)13/h5-8H2,1-4H3. The minimum absolute atomic E-state index is 0.0690. The number of hydrogen-bond acceptors (Lipinski definition) is 3. The van der Waals surface area contributed by atoms with Crippen molar-refractivity contribution in [2.24, 2.45) is 4.99 Å². The summed E-state index contributed by atoms with van der Waals surface area (Å²) in [4.78, 5) is 17.3. The molecule has 0 radical (unpaired) electrons. The molecular weight excluding hydrogens is 164 g/mol. The third kappa shape index (κ3) is 5.53. The zero-order chi connectivity index (χ0) is 10.3. The van der Waals surface area contributed by atoms with Crippen molar-refractivity contribution in [1.29, 1.82) is 0 Å². The molecule has 0 aliphatic carbocycles. The number of rotatable bonds is 6. The second-order valence-electron chi connectivity index (χ2n) is 3.05. The summed E-state index contributed by atoms with van der Waals surface area (Å²) in [5.74, 6) is 0.0690. The average Bonchev–Trinajstić information content (AvgIpc) is 2.12. The lowest BCUT2D eigenvalue weighted by atomic mass is 10.3. The fourth-order valence-electron chi connectivity index (χ4n) is 1.01. The lowest BCUT2D eigenvalue weighted by molar-refractivity contribution is -0.111. The smallest absolute Gasteiger partial charge is 0.173 e. The monoisotopic (exact) mass is 184 g/mol. The number of Topliss-reactive ketones (excluding diaryl/α,β-unsaturated/α-hetero) is 1. The molecule has 13 heavy (non-hydrogen) atoms. The summed E-state index contributed by atoms with van der Waals surface area (Å²) in [6.07, 6.45) is 0. The molecule has 76 valence electrons. The Kier molecular flexibility index (Phi) is 6.41. The molecule has 0 fully saturated rings. The second-order valence-corrected chi connectivity index (χ2v) is 3.05. The predicted octanol–water partition coefficient (Wildman–Crippen LogP) is 1.38. The molecule has 0 spiro atoms. The molecule has 3 nitrogen and oxygen atoms in total. The molecular formula is C10H20N2O. The summed E-state index contributed by atoms with van der Waals surface area (Å²) in [5, 5.41) is 0. The highest BCUT2D eigenvalue weighted by molar-refractivity contribution is 6.37. The lowest BCUT2D eigenvalue weighted by Crippen LogP contribution is -2.26. The number of nitrogens with zero attached hydrogens (tertiary/aromatic N) is 2. The molecule has 0 saturated carbocycles. The van der Waals surface area contributed by atoms with Gasteiger partial charge in [-0.1, -0.05) is 13.8 Å². The number of ketones is 1. The van der Waals surface area contributed by atoms with Gasteiger partial charge in [0.1, 0.15) is 0 Å². The van der Waals surface area contributed by atoms with Crippen LogP contribution in [0.3, 0.4) is 0 Å². The minimum Gasteiger partial charge on any atom is -0.302 e. The van der Waals surface area contributed by atoms with Crippen molar-refractivity contribution < 1.29 is 4.79 Å². The Morgan fingerprint density at radius 3 is 2.15 bits per heavy atom. The maximum absolute atomic E-state index is 10.8. The minimum atomic E-state index is 0.0690. The van der Waals surface area contributed by atoms with Gasteiger partial charge >= 0.3 is 0 Å². The number of carbonyl (C=O) groups excluding carboxylic acids is 1. The summed E-state index contributed by atoms with van der Waals surface area (Å²) in [5.41, 5.74) is 0.632. The molecule has 0 rings (SSSR count). The van der Waals surface area contributed by atoms with E-state index in [2.05, 4.69) is 23.7 Å². The van der Waals surface area contributed by atoms with Crippen molar-refractivity contribution in [3.8, 4) is 0 Å². The normalized spacial score (nSPS) is 12.2. The summed E-state index contributed by atoms with van der Waals surface area (Å²) in [6.45, 7) is 11.3. The Labute approximate surface area is 80.8 Å². The SMILES string of the molecule is CCN(CC)CCN=C(C)C(C)=O. The molecule has 0 aromatic heterocycles. The molecule has 0 aliphatic heterocycles. The van der Waals surface area contributed by atoms with E-state index in [0.29, 0.717) is 5.71 Å². The molecule has 0 N–H and O–H groups in total. The Balaban J connectivity index is 3.76. The van der Waals surface area contributed by atoms with E-state index in [9.17, 15) is 4.79 Å². The highest BCUT2D eigenvalue weighted by Gasteiger charge is 1.99.